The number of carbonyl (C=O) groups is 1. The van der Waals surface area contributed by atoms with Crippen LogP contribution in [-0.4, -0.2) is 16.1 Å². The fourth-order valence-electron chi connectivity index (χ4n) is 2.84. The fourth-order valence-corrected chi connectivity index (χ4v) is 2.84. The van der Waals surface area contributed by atoms with Crippen molar-refractivity contribution in [3.8, 4) is 0 Å². The van der Waals surface area contributed by atoms with Gasteiger partial charge in [0.25, 0.3) is 0 Å². The van der Waals surface area contributed by atoms with Crippen LogP contribution in [0.3, 0.4) is 0 Å². The third-order valence-corrected chi connectivity index (χ3v) is 3.90. The van der Waals surface area contributed by atoms with Crippen LogP contribution < -0.4 is 5.73 Å². The number of aliphatic carboxylic acids is 1. The highest BCUT2D eigenvalue weighted by Crippen LogP contribution is 2.48. The number of hydrogen-bond acceptors (Lipinski definition) is 2. The predicted octanol–water partition coefficient (Wildman–Crippen LogP) is 2.20. The van der Waals surface area contributed by atoms with Crippen molar-refractivity contribution in [2.24, 2.45) is 17.6 Å². The lowest BCUT2D eigenvalue weighted by Gasteiger charge is -2.11. The largest absolute Gasteiger partial charge is 0.481 e. The first-order chi connectivity index (χ1) is 8.59. The van der Waals surface area contributed by atoms with Gasteiger partial charge >= 0.3 is 5.97 Å². The Morgan fingerprint density at radius 2 is 2.22 bits per heavy atom. The first kappa shape index (κ1) is 11.3. The fraction of sp³-hybridized carbons (Fsp3) is 0.357. The second-order valence-corrected chi connectivity index (χ2v) is 5.08. The van der Waals surface area contributed by atoms with E-state index in [1.54, 1.807) is 0 Å². The number of nitrogens with one attached hydrogen (secondary N) is 1. The number of fused-ring (bicyclic) bond motifs is 1. The van der Waals surface area contributed by atoms with Crippen molar-refractivity contribution in [3.05, 3.63) is 35.5 Å². The molecule has 0 radical (unpaired) electrons. The van der Waals surface area contributed by atoms with Crippen LogP contribution in [0.4, 0.5) is 0 Å². The molecule has 0 aliphatic heterocycles. The molecule has 3 unspecified atom stereocenters. The summed E-state index contributed by atoms with van der Waals surface area (Å²) in [7, 11) is 0. The van der Waals surface area contributed by atoms with E-state index in [4.69, 9.17) is 10.8 Å². The topological polar surface area (TPSA) is 79.1 Å². The van der Waals surface area contributed by atoms with E-state index >= 15 is 0 Å². The first-order valence-corrected chi connectivity index (χ1v) is 6.15. The van der Waals surface area contributed by atoms with E-state index in [0.717, 1.165) is 22.2 Å². The summed E-state index contributed by atoms with van der Waals surface area (Å²) in [5, 5.41) is 10.1. The van der Waals surface area contributed by atoms with Gasteiger partial charge in [-0.05, 0) is 30.9 Å². The van der Waals surface area contributed by atoms with E-state index in [1.165, 1.54) is 0 Å². The van der Waals surface area contributed by atoms with Crippen molar-refractivity contribution < 1.29 is 9.90 Å². The van der Waals surface area contributed by atoms with E-state index in [9.17, 15) is 4.79 Å². The summed E-state index contributed by atoms with van der Waals surface area (Å²) in [4.78, 5) is 14.2. The number of carboxylic acids is 1. The molecule has 4 heteroatoms. The van der Waals surface area contributed by atoms with E-state index < -0.39 is 5.97 Å². The Kier molecular flexibility index (Phi) is 2.41. The van der Waals surface area contributed by atoms with Gasteiger partial charge in [-0.3, -0.25) is 4.79 Å². The second kappa shape index (κ2) is 3.85. The molecule has 1 aromatic carbocycles. The van der Waals surface area contributed by atoms with Gasteiger partial charge in [-0.2, -0.15) is 0 Å². The molecule has 1 heterocycles. The highest BCUT2D eigenvalue weighted by molar-refractivity contribution is 5.85. The van der Waals surface area contributed by atoms with Crippen LogP contribution in [0.15, 0.2) is 24.3 Å². The van der Waals surface area contributed by atoms with Gasteiger partial charge < -0.3 is 15.8 Å². The maximum Gasteiger partial charge on any atom is 0.306 e. The van der Waals surface area contributed by atoms with Crippen LogP contribution in [0, 0.1) is 18.8 Å². The van der Waals surface area contributed by atoms with Gasteiger partial charge in [0.2, 0.25) is 0 Å². The third kappa shape index (κ3) is 1.61. The van der Waals surface area contributed by atoms with Gasteiger partial charge in [0.1, 0.15) is 0 Å². The number of rotatable bonds is 3. The van der Waals surface area contributed by atoms with Crippen LogP contribution in [0.2, 0.25) is 0 Å². The van der Waals surface area contributed by atoms with Crippen molar-refractivity contribution in [3.63, 3.8) is 0 Å². The molecule has 94 valence electrons. The normalized spacial score (nSPS) is 24.1. The maximum atomic E-state index is 10.9. The molecule has 4 nitrogen and oxygen atoms in total. The molecule has 0 amide bonds. The molecule has 4 N–H and O–H groups in total. The van der Waals surface area contributed by atoms with Crippen molar-refractivity contribution in [1.29, 1.82) is 0 Å². The van der Waals surface area contributed by atoms with Crippen LogP contribution in [0.25, 0.3) is 10.9 Å². The molecular formula is C14H16N2O2. The molecule has 18 heavy (non-hydrogen) atoms. The lowest BCUT2D eigenvalue weighted by Crippen LogP contribution is -2.16. The summed E-state index contributed by atoms with van der Waals surface area (Å²) in [5.41, 5.74) is 9.43. The maximum absolute atomic E-state index is 10.9. The van der Waals surface area contributed by atoms with Crippen LogP contribution in [-0.2, 0) is 4.79 Å². The molecule has 3 atom stereocenters. The molecule has 2 aromatic rings. The minimum absolute atomic E-state index is 0.0698. The Hall–Kier alpha value is -1.81. The molecule has 1 aliphatic carbocycles. The number of para-hydroxylation sites is 1. The summed E-state index contributed by atoms with van der Waals surface area (Å²) in [6.45, 7) is 1.99. The monoisotopic (exact) mass is 244 g/mol. The number of nitrogens with two attached hydrogens (primary N) is 1. The lowest BCUT2D eigenvalue weighted by molar-refractivity contribution is -0.138. The van der Waals surface area contributed by atoms with Crippen LogP contribution in [0.5, 0.6) is 0 Å². The Bertz CT molecular complexity index is 617. The third-order valence-electron chi connectivity index (χ3n) is 3.90. The van der Waals surface area contributed by atoms with Crippen molar-refractivity contribution in [2.75, 3.05) is 0 Å². The average molecular weight is 244 g/mol. The van der Waals surface area contributed by atoms with E-state index in [2.05, 4.69) is 4.98 Å². The van der Waals surface area contributed by atoms with Crippen molar-refractivity contribution in [1.82, 2.24) is 4.98 Å². The number of aromatic amines is 1. The summed E-state index contributed by atoms with van der Waals surface area (Å²) in [5.74, 6) is -0.929. The Balaban J connectivity index is 1.99. The first-order valence-electron chi connectivity index (χ1n) is 6.15. The van der Waals surface area contributed by atoms with Gasteiger partial charge in [0.05, 0.1) is 5.92 Å². The SMILES string of the molecule is Cc1[nH]c2ccccc2c1C(N)C1CC1C(=O)O. The zero-order chi connectivity index (χ0) is 12.9. The molecule has 1 aromatic heterocycles. The number of hydrogen-bond donors (Lipinski definition) is 3. The van der Waals surface area contributed by atoms with Gasteiger partial charge in [-0.1, -0.05) is 18.2 Å². The summed E-state index contributed by atoms with van der Waals surface area (Å²) < 4.78 is 0. The summed E-state index contributed by atoms with van der Waals surface area (Å²) >= 11 is 0. The van der Waals surface area contributed by atoms with Crippen LogP contribution >= 0.6 is 0 Å². The van der Waals surface area contributed by atoms with Crippen molar-refractivity contribution in [2.45, 2.75) is 19.4 Å². The van der Waals surface area contributed by atoms with Crippen molar-refractivity contribution >= 4 is 16.9 Å². The van der Waals surface area contributed by atoms with Gasteiger partial charge in [-0.25, -0.2) is 0 Å². The molecule has 0 saturated heterocycles. The standard InChI is InChI=1S/C14H16N2O2/c1-7-12(8-4-2-3-5-11(8)16-7)13(15)9-6-10(9)14(17)18/h2-5,9-10,13,16H,6,15H2,1H3,(H,17,18). The zero-order valence-corrected chi connectivity index (χ0v) is 10.2. The minimum atomic E-state index is -0.729. The Morgan fingerprint density at radius 3 is 2.89 bits per heavy atom. The predicted molar refractivity (Wildman–Crippen MR) is 69.2 cm³/mol. The highest BCUT2D eigenvalue weighted by atomic mass is 16.4. The Morgan fingerprint density at radius 1 is 1.50 bits per heavy atom. The van der Waals surface area contributed by atoms with E-state index in [-0.39, 0.29) is 17.9 Å². The molecule has 1 aliphatic rings. The quantitative estimate of drug-likeness (QED) is 0.774. The summed E-state index contributed by atoms with van der Waals surface area (Å²) in [6, 6.07) is 7.81. The molecule has 1 saturated carbocycles. The second-order valence-electron chi connectivity index (χ2n) is 5.08. The molecular weight excluding hydrogens is 228 g/mol. The molecule has 3 rings (SSSR count). The number of aryl methyl sites for hydroxylation is 1. The molecule has 0 bridgehead atoms. The van der Waals surface area contributed by atoms with Gasteiger partial charge in [-0.15, -0.1) is 0 Å². The van der Waals surface area contributed by atoms with Gasteiger partial charge in [0.15, 0.2) is 0 Å². The van der Waals surface area contributed by atoms with E-state index in [0.29, 0.717) is 6.42 Å². The summed E-state index contributed by atoms with van der Waals surface area (Å²) in [6.07, 6.45) is 0.690. The zero-order valence-electron chi connectivity index (χ0n) is 10.2. The minimum Gasteiger partial charge on any atom is -0.481 e. The lowest BCUT2D eigenvalue weighted by atomic mass is 9.99. The smallest absolute Gasteiger partial charge is 0.306 e. The number of benzene rings is 1. The number of carboxylic acid groups (broad SMARTS) is 1. The average Bonchev–Trinajstić information content (AvgIpc) is 3.05. The Labute approximate surface area is 105 Å². The van der Waals surface area contributed by atoms with E-state index in [1.807, 2.05) is 31.2 Å². The number of H-pyrrole nitrogens is 1. The molecule has 1 fully saturated rings. The number of aromatic nitrogens is 1. The molecule has 0 spiro atoms. The van der Waals surface area contributed by atoms with Crippen LogP contribution in [0.1, 0.15) is 23.7 Å². The van der Waals surface area contributed by atoms with Gasteiger partial charge in [0, 0.05) is 22.6 Å². The highest BCUT2D eigenvalue weighted by Gasteiger charge is 2.47.